The highest BCUT2D eigenvalue weighted by Gasteiger charge is 2.38. The number of carbonyl (C=O) groups is 2. The van der Waals surface area contributed by atoms with Gasteiger partial charge in [-0.1, -0.05) is 12.1 Å². The van der Waals surface area contributed by atoms with E-state index < -0.39 is 11.9 Å². The first-order valence-corrected chi connectivity index (χ1v) is 9.37. The number of methoxy groups -OCH3 is 2. The molecule has 2 aromatic rings. The molecule has 7 heteroatoms. The summed E-state index contributed by atoms with van der Waals surface area (Å²) < 4.78 is 15.5. The molecule has 0 atom stereocenters. The molecule has 0 fully saturated rings. The molecule has 1 aliphatic rings. The maximum atomic E-state index is 13.3. The number of anilines is 1. The van der Waals surface area contributed by atoms with Gasteiger partial charge in [-0.2, -0.15) is 0 Å². The molecule has 0 aliphatic carbocycles. The topological polar surface area (TPSA) is 85.3 Å². The zero-order valence-electron chi connectivity index (χ0n) is 17.3. The van der Waals surface area contributed by atoms with Gasteiger partial charge in [0.2, 0.25) is 0 Å². The first-order valence-electron chi connectivity index (χ1n) is 9.37. The minimum Gasteiger partial charge on any atom is -0.504 e. The van der Waals surface area contributed by atoms with Crippen LogP contribution in [0.3, 0.4) is 0 Å². The number of esters is 1. The zero-order chi connectivity index (χ0) is 21.8. The van der Waals surface area contributed by atoms with Crippen LogP contribution in [0.5, 0.6) is 17.2 Å². The van der Waals surface area contributed by atoms with Crippen LogP contribution in [-0.4, -0.2) is 37.8 Å². The number of ether oxygens (including phenoxy) is 3. The third kappa shape index (κ3) is 3.74. The summed E-state index contributed by atoms with van der Waals surface area (Å²) in [6.45, 7) is 3.86. The lowest BCUT2D eigenvalue weighted by molar-refractivity contribution is -0.136. The Balaban J connectivity index is 2.12. The quantitative estimate of drug-likeness (QED) is 0.579. The minimum absolute atomic E-state index is 0.107. The van der Waals surface area contributed by atoms with Gasteiger partial charge in [0.25, 0.3) is 5.91 Å². The molecule has 1 aliphatic heterocycles. The molecule has 0 radical (unpaired) electrons. The lowest BCUT2D eigenvalue weighted by Gasteiger charge is -2.18. The van der Waals surface area contributed by atoms with Crippen LogP contribution >= 0.6 is 0 Å². The Morgan fingerprint density at radius 2 is 1.83 bits per heavy atom. The van der Waals surface area contributed by atoms with Crippen molar-refractivity contribution in [2.24, 2.45) is 0 Å². The predicted octanol–water partition coefficient (Wildman–Crippen LogP) is 3.68. The second-order valence-electron chi connectivity index (χ2n) is 6.48. The van der Waals surface area contributed by atoms with E-state index in [9.17, 15) is 14.7 Å². The van der Waals surface area contributed by atoms with E-state index in [1.165, 1.54) is 18.1 Å². The van der Waals surface area contributed by atoms with E-state index in [-0.39, 0.29) is 16.9 Å². The number of phenols is 1. The molecule has 0 bridgehead atoms. The summed E-state index contributed by atoms with van der Waals surface area (Å²) in [6, 6.07) is 11.9. The summed E-state index contributed by atoms with van der Waals surface area (Å²) in [5.41, 5.74) is 1.63. The third-order valence-corrected chi connectivity index (χ3v) is 4.75. The van der Waals surface area contributed by atoms with Crippen LogP contribution in [0.4, 0.5) is 5.69 Å². The Hall–Kier alpha value is -3.74. The average molecular weight is 409 g/mol. The molecule has 3 rings (SSSR count). The van der Waals surface area contributed by atoms with Gasteiger partial charge in [-0.15, -0.1) is 0 Å². The fourth-order valence-electron chi connectivity index (χ4n) is 3.31. The molecule has 0 spiro atoms. The van der Waals surface area contributed by atoms with Gasteiger partial charge in [-0.25, -0.2) is 4.79 Å². The number of para-hydroxylation sites is 1. The second-order valence-corrected chi connectivity index (χ2v) is 6.48. The predicted molar refractivity (Wildman–Crippen MR) is 112 cm³/mol. The van der Waals surface area contributed by atoms with Crippen LogP contribution in [0.25, 0.3) is 6.08 Å². The van der Waals surface area contributed by atoms with Crippen LogP contribution in [-0.2, 0) is 14.3 Å². The van der Waals surface area contributed by atoms with Crippen molar-refractivity contribution in [1.29, 1.82) is 0 Å². The van der Waals surface area contributed by atoms with Crippen LogP contribution in [0, 0.1) is 0 Å². The minimum atomic E-state index is -0.636. The van der Waals surface area contributed by atoms with Gasteiger partial charge in [-0.3, -0.25) is 9.69 Å². The van der Waals surface area contributed by atoms with Crippen molar-refractivity contribution in [2.45, 2.75) is 13.8 Å². The molecule has 1 N–H and O–H groups in total. The van der Waals surface area contributed by atoms with Crippen LogP contribution in [0.1, 0.15) is 19.4 Å². The van der Waals surface area contributed by atoms with Crippen LogP contribution < -0.4 is 14.4 Å². The van der Waals surface area contributed by atoms with Crippen molar-refractivity contribution in [2.75, 3.05) is 25.7 Å². The first-order chi connectivity index (χ1) is 14.4. The number of allylic oxidation sites excluding steroid dienone is 1. The standard InChI is InChI=1S/C23H23NO6/c1-5-30-19-8-6-7-15(21(19)25)13-18-20(23(27)29-4)14(2)24(22(18)26)16-9-11-17(28-3)12-10-16/h6-13,25H,5H2,1-4H3/b18-13-. The number of hydrogen-bond acceptors (Lipinski definition) is 6. The molecule has 7 nitrogen and oxygen atoms in total. The van der Waals surface area contributed by atoms with E-state index in [1.807, 2.05) is 0 Å². The van der Waals surface area contributed by atoms with E-state index in [0.717, 1.165) is 0 Å². The summed E-state index contributed by atoms with van der Waals surface area (Å²) in [6.07, 6.45) is 1.47. The summed E-state index contributed by atoms with van der Waals surface area (Å²) in [7, 11) is 2.81. The van der Waals surface area contributed by atoms with E-state index in [4.69, 9.17) is 14.2 Å². The second kappa shape index (κ2) is 8.73. The lowest BCUT2D eigenvalue weighted by Crippen LogP contribution is -2.24. The molecule has 2 aromatic carbocycles. The zero-order valence-corrected chi connectivity index (χ0v) is 17.3. The average Bonchev–Trinajstić information content (AvgIpc) is 3.00. The summed E-state index contributed by atoms with van der Waals surface area (Å²) in [5, 5.41) is 10.5. The largest absolute Gasteiger partial charge is 0.504 e. The number of amides is 1. The maximum absolute atomic E-state index is 13.3. The Kier molecular flexibility index (Phi) is 6.11. The van der Waals surface area contributed by atoms with E-state index in [1.54, 1.807) is 63.4 Å². The molecule has 0 unspecified atom stereocenters. The van der Waals surface area contributed by atoms with Crippen molar-refractivity contribution < 1.29 is 28.9 Å². The molecule has 1 heterocycles. The molecule has 156 valence electrons. The van der Waals surface area contributed by atoms with Gasteiger partial charge in [0.15, 0.2) is 11.5 Å². The number of nitrogens with zero attached hydrogens (tertiary/aromatic N) is 1. The van der Waals surface area contributed by atoms with Crippen molar-refractivity contribution in [1.82, 2.24) is 0 Å². The van der Waals surface area contributed by atoms with Gasteiger partial charge < -0.3 is 19.3 Å². The highest BCUT2D eigenvalue weighted by atomic mass is 16.5. The number of carbonyl (C=O) groups excluding carboxylic acids is 2. The molecule has 0 aromatic heterocycles. The van der Waals surface area contributed by atoms with Crippen LogP contribution in [0.15, 0.2) is 59.3 Å². The highest BCUT2D eigenvalue weighted by Crippen LogP contribution is 2.38. The van der Waals surface area contributed by atoms with Gasteiger partial charge in [-0.05, 0) is 50.3 Å². The monoisotopic (exact) mass is 409 g/mol. The Bertz CT molecular complexity index is 1040. The fraction of sp³-hybridized carbons (Fsp3) is 0.217. The lowest BCUT2D eigenvalue weighted by atomic mass is 10.0. The maximum Gasteiger partial charge on any atom is 0.340 e. The summed E-state index contributed by atoms with van der Waals surface area (Å²) in [5.74, 6) is -0.203. The van der Waals surface area contributed by atoms with Crippen molar-refractivity contribution in [3.63, 3.8) is 0 Å². The van der Waals surface area contributed by atoms with Crippen molar-refractivity contribution in [3.05, 3.63) is 64.9 Å². The van der Waals surface area contributed by atoms with Crippen molar-refractivity contribution >= 4 is 23.6 Å². The number of aromatic hydroxyl groups is 1. The summed E-state index contributed by atoms with van der Waals surface area (Å²) >= 11 is 0. The van der Waals surface area contributed by atoms with E-state index in [2.05, 4.69) is 0 Å². The molecule has 0 saturated heterocycles. The Morgan fingerprint density at radius 3 is 2.43 bits per heavy atom. The third-order valence-electron chi connectivity index (χ3n) is 4.75. The smallest absolute Gasteiger partial charge is 0.340 e. The Labute approximate surface area is 174 Å². The van der Waals surface area contributed by atoms with Crippen LogP contribution in [0.2, 0.25) is 0 Å². The number of rotatable bonds is 6. The van der Waals surface area contributed by atoms with Gasteiger partial charge >= 0.3 is 5.97 Å². The highest BCUT2D eigenvalue weighted by molar-refractivity contribution is 6.24. The van der Waals surface area contributed by atoms with Gasteiger partial charge in [0.1, 0.15) is 5.75 Å². The number of benzene rings is 2. The molecule has 0 saturated carbocycles. The number of hydrogen-bond donors (Lipinski definition) is 1. The Morgan fingerprint density at radius 1 is 1.13 bits per heavy atom. The van der Waals surface area contributed by atoms with Gasteiger partial charge in [0, 0.05) is 16.9 Å². The van der Waals surface area contributed by atoms with E-state index in [0.29, 0.717) is 35.1 Å². The molecular formula is C23H23NO6. The van der Waals surface area contributed by atoms with E-state index >= 15 is 0 Å². The molecule has 1 amide bonds. The normalized spacial score (nSPS) is 15.0. The van der Waals surface area contributed by atoms with Crippen molar-refractivity contribution in [3.8, 4) is 17.2 Å². The molecule has 30 heavy (non-hydrogen) atoms. The fourth-order valence-corrected chi connectivity index (χ4v) is 3.31. The number of phenolic OH excluding ortho intramolecular Hbond substituents is 1. The SMILES string of the molecule is CCOc1cccc(/C=C2\C(=O)N(c3ccc(OC)cc3)C(C)=C2C(=O)OC)c1O. The summed E-state index contributed by atoms with van der Waals surface area (Å²) in [4.78, 5) is 27.2. The first kappa shape index (κ1) is 21.0. The van der Waals surface area contributed by atoms with Gasteiger partial charge in [0.05, 0.1) is 32.0 Å². The molecular weight excluding hydrogens is 386 g/mol.